The van der Waals surface area contributed by atoms with Gasteiger partial charge in [-0.15, -0.1) is 0 Å². The molecule has 1 saturated heterocycles. The van der Waals surface area contributed by atoms with Crippen molar-refractivity contribution in [3.8, 4) is 0 Å². The van der Waals surface area contributed by atoms with Crippen molar-refractivity contribution in [1.82, 2.24) is 14.9 Å². The molecule has 2 aliphatic heterocycles. The number of hydrogen-bond acceptors (Lipinski definition) is 6. The first-order valence-electron chi connectivity index (χ1n) is 13.2. The van der Waals surface area contributed by atoms with E-state index in [9.17, 15) is 9.59 Å². The first kappa shape index (κ1) is 26.6. The average Bonchev–Trinajstić information content (AvgIpc) is 3.15. The third-order valence-corrected chi connectivity index (χ3v) is 7.42. The number of carbonyl (C=O) groups is 2. The fourth-order valence-electron chi connectivity index (χ4n) is 4.93. The highest BCUT2D eigenvalue weighted by Crippen LogP contribution is 2.27. The van der Waals surface area contributed by atoms with Crippen LogP contribution >= 0.6 is 0 Å². The maximum atomic E-state index is 12.7. The molecule has 37 heavy (non-hydrogen) atoms. The number of nitrogens with one attached hydrogen (secondary N) is 3. The smallest absolute Gasteiger partial charge is 0.271 e. The SMILES string of the molecule is CC(=N)/C(C)=C(\N)C(=O)Nc1cnc2[nH]c(C3=CCN(C(=O)CCCC4CCCOCC4)CC3)cc2c1. The van der Waals surface area contributed by atoms with Crippen LogP contribution in [0.25, 0.3) is 16.6 Å². The zero-order valence-corrected chi connectivity index (χ0v) is 21.9. The molecule has 0 saturated carbocycles. The minimum absolute atomic E-state index is 0.0212. The van der Waals surface area contributed by atoms with Crippen LogP contribution in [0.5, 0.6) is 0 Å². The van der Waals surface area contributed by atoms with E-state index in [1.807, 2.05) is 17.0 Å². The lowest BCUT2D eigenvalue weighted by Crippen LogP contribution is -2.34. The molecule has 0 aliphatic carbocycles. The molecule has 0 bridgehead atoms. The monoisotopic (exact) mass is 506 g/mol. The molecule has 1 unspecified atom stereocenters. The molecule has 198 valence electrons. The predicted molar refractivity (Wildman–Crippen MR) is 146 cm³/mol. The van der Waals surface area contributed by atoms with Gasteiger partial charge in [0.25, 0.3) is 5.91 Å². The number of amides is 2. The van der Waals surface area contributed by atoms with E-state index in [1.165, 1.54) is 6.42 Å². The molecule has 1 atom stereocenters. The number of H-pyrrole nitrogens is 1. The van der Waals surface area contributed by atoms with Crippen molar-refractivity contribution in [3.05, 3.63) is 41.4 Å². The molecule has 0 aromatic carbocycles. The van der Waals surface area contributed by atoms with Crippen molar-refractivity contribution in [3.63, 3.8) is 0 Å². The Bertz CT molecular complexity index is 1220. The third kappa shape index (κ3) is 6.85. The Kier molecular flexibility index (Phi) is 8.76. The number of hydrogen-bond donors (Lipinski definition) is 4. The van der Waals surface area contributed by atoms with E-state index in [0.717, 1.165) is 67.6 Å². The van der Waals surface area contributed by atoms with Crippen LogP contribution in [0, 0.1) is 11.3 Å². The molecule has 2 aromatic rings. The Balaban J connectivity index is 1.32. The molecule has 2 aliphatic rings. The molecule has 9 heteroatoms. The number of aromatic amines is 1. The molecule has 0 spiro atoms. The van der Waals surface area contributed by atoms with Gasteiger partial charge in [0.1, 0.15) is 11.3 Å². The van der Waals surface area contributed by atoms with Crippen LogP contribution in [0.3, 0.4) is 0 Å². The summed E-state index contributed by atoms with van der Waals surface area (Å²) in [5.74, 6) is 0.473. The lowest BCUT2D eigenvalue weighted by Gasteiger charge is -2.26. The average molecular weight is 507 g/mol. The number of fused-ring (bicyclic) bond motifs is 1. The fraction of sp³-hybridized carbons (Fsp3) is 0.500. The molecule has 4 rings (SSSR count). The minimum atomic E-state index is -0.455. The van der Waals surface area contributed by atoms with Gasteiger partial charge in [0.2, 0.25) is 5.91 Å². The molecular weight excluding hydrogens is 468 g/mol. The topological polar surface area (TPSA) is 137 Å². The van der Waals surface area contributed by atoms with Gasteiger partial charge >= 0.3 is 0 Å². The zero-order valence-electron chi connectivity index (χ0n) is 21.9. The molecule has 2 aromatic heterocycles. The Morgan fingerprint density at radius 3 is 2.86 bits per heavy atom. The van der Waals surface area contributed by atoms with Crippen LogP contribution in [0.2, 0.25) is 0 Å². The number of aromatic nitrogens is 2. The maximum Gasteiger partial charge on any atom is 0.271 e. The van der Waals surface area contributed by atoms with Crippen molar-refractivity contribution in [2.24, 2.45) is 11.7 Å². The molecule has 9 nitrogen and oxygen atoms in total. The highest BCUT2D eigenvalue weighted by molar-refractivity contribution is 6.10. The summed E-state index contributed by atoms with van der Waals surface area (Å²) in [6, 6.07) is 3.86. The Morgan fingerprint density at radius 1 is 1.27 bits per heavy atom. The van der Waals surface area contributed by atoms with Crippen molar-refractivity contribution < 1.29 is 14.3 Å². The first-order valence-corrected chi connectivity index (χ1v) is 13.2. The Morgan fingerprint density at radius 2 is 2.11 bits per heavy atom. The highest BCUT2D eigenvalue weighted by atomic mass is 16.5. The normalized spacial score (nSPS) is 19.1. The summed E-state index contributed by atoms with van der Waals surface area (Å²) in [6.45, 7) is 6.30. The van der Waals surface area contributed by atoms with Gasteiger partial charge in [0.05, 0.1) is 11.9 Å². The van der Waals surface area contributed by atoms with E-state index in [-0.39, 0.29) is 17.3 Å². The van der Waals surface area contributed by atoms with Gasteiger partial charge in [0.15, 0.2) is 0 Å². The lowest BCUT2D eigenvalue weighted by atomic mass is 9.94. The number of allylic oxidation sites excluding steroid dienone is 1. The van der Waals surface area contributed by atoms with Crippen molar-refractivity contribution in [2.45, 2.75) is 58.8 Å². The number of carbonyl (C=O) groups excluding carboxylic acids is 2. The van der Waals surface area contributed by atoms with Crippen LogP contribution in [0.4, 0.5) is 5.69 Å². The summed E-state index contributed by atoms with van der Waals surface area (Å²) in [5, 5.41) is 11.3. The standard InChI is InChI=1S/C28H38N6O3/c1-18(19(2)29)26(30)28(36)32-23-15-22-16-24(33-27(22)31-17-23)21-8-11-34(12-9-21)25(35)7-3-5-20-6-4-13-37-14-10-20/h8,15-17,20,29H,3-7,9-14,30H2,1-2H3,(H,31,33)(H,32,36)/b26-18-,29-19?. The van der Waals surface area contributed by atoms with Gasteiger partial charge < -0.3 is 31.1 Å². The van der Waals surface area contributed by atoms with Crippen LogP contribution in [0.15, 0.2) is 35.7 Å². The number of nitrogens with two attached hydrogens (primary N) is 1. The summed E-state index contributed by atoms with van der Waals surface area (Å²) in [6.07, 6.45) is 10.6. The van der Waals surface area contributed by atoms with E-state index in [4.69, 9.17) is 15.9 Å². The van der Waals surface area contributed by atoms with Crippen molar-refractivity contribution >= 4 is 39.8 Å². The van der Waals surface area contributed by atoms with Gasteiger partial charge in [-0.3, -0.25) is 9.59 Å². The van der Waals surface area contributed by atoms with Crippen molar-refractivity contribution in [1.29, 1.82) is 5.41 Å². The second kappa shape index (κ2) is 12.2. The Labute approximate surface area is 218 Å². The molecule has 2 amide bonds. The van der Waals surface area contributed by atoms with Crippen LogP contribution in [-0.2, 0) is 14.3 Å². The lowest BCUT2D eigenvalue weighted by molar-refractivity contribution is -0.131. The zero-order chi connectivity index (χ0) is 26.4. The second-order valence-corrected chi connectivity index (χ2v) is 10.1. The largest absolute Gasteiger partial charge is 0.394 e. The van der Waals surface area contributed by atoms with E-state index >= 15 is 0 Å². The minimum Gasteiger partial charge on any atom is -0.394 e. The third-order valence-electron chi connectivity index (χ3n) is 7.42. The van der Waals surface area contributed by atoms with Gasteiger partial charge in [0, 0.05) is 49.5 Å². The van der Waals surface area contributed by atoms with Crippen LogP contribution in [-0.4, -0.2) is 58.7 Å². The fourth-order valence-corrected chi connectivity index (χ4v) is 4.93. The van der Waals surface area contributed by atoms with E-state index in [2.05, 4.69) is 21.4 Å². The second-order valence-electron chi connectivity index (χ2n) is 10.1. The quantitative estimate of drug-likeness (QED) is 0.311. The summed E-state index contributed by atoms with van der Waals surface area (Å²) in [4.78, 5) is 34.9. The summed E-state index contributed by atoms with van der Waals surface area (Å²) >= 11 is 0. The predicted octanol–water partition coefficient (Wildman–Crippen LogP) is 4.38. The maximum absolute atomic E-state index is 12.7. The molecule has 4 heterocycles. The summed E-state index contributed by atoms with van der Waals surface area (Å²) in [5.41, 5.74) is 10.0. The molecule has 5 N–H and O–H groups in total. The van der Waals surface area contributed by atoms with E-state index < -0.39 is 5.91 Å². The molecular formula is C28H38N6O3. The molecule has 0 radical (unpaired) electrons. The number of rotatable bonds is 8. The number of ether oxygens (including phenoxy) is 1. The Hall–Kier alpha value is -3.46. The van der Waals surface area contributed by atoms with Crippen molar-refractivity contribution in [2.75, 3.05) is 31.6 Å². The summed E-state index contributed by atoms with van der Waals surface area (Å²) < 4.78 is 5.54. The highest BCUT2D eigenvalue weighted by Gasteiger charge is 2.20. The van der Waals surface area contributed by atoms with Gasteiger partial charge in [-0.2, -0.15) is 0 Å². The van der Waals surface area contributed by atoms with E-state index in [1.54, 1.807) is 20.0 Å². The van der Waals surface area contributed by atoms with Crippen LogP contribution < -0.4 is 11.1 Å². The van der Waals surface area contributed by atoms with Gasteiger partial charge in [-0.05, 0) is 81.6 Å². The first-order chi connectivity index (χ1) is 17.8. The molecule has 1 fully saturated rings. The van der Waals surface area contributed by atoms with Crippen LogP contribution in [0.1, 0.15) is 64.5 Å². The number of anilines is 1. The van der Waals surface area contributed by atoms with Gasteiger partial charge in [-0.25, -0.2) is 4.98 Å². The number of nitrogens with zero attached hydrogens (tertiary/aromatic N) is 2. The van der Waals surface area contributed by atoms with Gasteiger partial charge in [-0.1, -0.05) is 6.08 Å². The van der Waals surface area contributed by atoms with E-state index in [0.29, 0.717) is 36.7 Å². The summed E-state index contributed by atoms with van der Waals surface area (Å²) in [7, 11) is 0. The number of pyridine rings is 1.